The van der Waals surface area contributed by atoms with Crippen molar-refractivity contribution >= 4 is 40.6 Å². The van der Waals surface area contributed by atoms with Crippen LogP contribution in [0.4, 0.5) is 11.5 Å². The van der Waals surface area contributed by atoms with Crippen molar-refractivity contribution < 1.29 is 33.1 Å². The molecule has 0 bridgehead atoms. The average molecular weight is 445 g/mol. The molecule has 3 rings (SSSR count). The Kier molecular flexibility index (Phi) is 6.88. The van der Waals surface area contributed by atoms with Gasteiger partial charge in [-0.3, -0.25) is 9.59 Å². The zero-order chi connectivity index (χ0) is 22.4. The summed E-state index contributed by atoms with van der Waals surface area (Å²) in [4.78, 5) is 37.6. The second kappa shape index (κ2) is 9.76. The molecule has 2 aromatic heterocycles. The van der Waals surface area contributed by atoms with Crippen molar-refractivity contribution in [3.8, 4) is 11.5 Å². The molecule has 2 heterocycles. The number of anilines is 2. The van der Waals surface area contributed by atoms with Crippen molar-refractivity contribution in [2.45, 2.75) is 6.92 Å². The molecule has 0 aliphatic rings. The first kappa shape index (κ1) is 21.8. The van der Waals surface area contributed by atoms with Crippen LogP contribution in [-0.4, -0.2) is 43.8 Å². The average Bonchev–Trinajstić information content (AvgIpc) is 3.43. The van der Waals surface area contributed by atoms with E-state index in [-0.39, 0.29) is 22.8 Å². The number of hydrogen-bond donors (Lipinski definition) is 2. The van der Waals surface area contributed by atoms with E-state index < -0.39 is 24.4 Å². The molecule has 31 heavy (non-hydrogen) atoms. The summed E-state index contributed by atoms with van der Waals surface area (Å²) in [6.45, 7) is 1.10. The van der Waals surface area contributed by atoms with Crippen LogP contribution in [0, 0.1) is 6.92 Å². The van der Waals surface area contributed by atoms with Crippen molar-refractivity contribution in [3.05, 3.63) is 51.9 Å². The van der Waals surface area contributed by atoms with E-state index in [1.807, 2.05) is 0 Å². The lowest BCUT2D eigenvalue weighted by molar-refractivity contribution is -0.119. The number of hydrogen-bond acceptors (Lipinski definition) is 9. The van der Waals surface area contributed by atoms with Gasteiger partial charge in [-0.2, -0.15) is 0 Å². The van der Waals surface area contributed by atoms with Gasteiger partial charge >= 0.3 is 5.97 Å². The molecule has 2 N–H and O–H groups in total. The molecular formula is C20H19N3O7S. The molecule has 0 unspecified atom stereocenters. The molecule has 10 nitrogen and oxygen atoms in total. The number of carbonyl (C=O) groups is 3. The van der Waals surface area contributed by atoms with Gasteiger partial charge in [0.2, 0.25) is 0 Å². The van der Waals surface area contributed by atoms with E-state index in [4.69, 9.17) is 18.7 Å². The zero-order valence-corrected chi connectivity index (χ0v) is 17.7. The Labute approximate surface area is 181 Å². The Morgan fingerprint density at radius 2 is 1.84 bits per heavy atom. The van der Waals surface area contributed by atoms with Gasteiger partial charge in [0.25, 0.3) is 11.8 Å². The topological polar surface area (TPSA) is 129 Å². The Balaban J connectivity index is 1.77. The number of rotatable bonds is 8. The number of nitrogens with zero attached hydrogens (tertiary/aromatic N) is 1. The van der Waals surface area contributed by atoms with Crippen LogP contribution < -0.4 is 20.1 Å². The highest BCUT2D eigenvalue weighted by Crippen LogP contribution is 2.34. The highest BCUT2D eigenvalue weighted by atomic mass is 32.1. The normalized spacial score (nSPS) is 10.3. The lowest BCUT2D eigenvalue weighted by Gasteiger charge is -2.15. The molecule has 0 radical (unpaired) electrons. The molecule has 0 aliphatic heterocycles. The maximum atomic E-state index is 12.7. The number of esters is 1. The van der Waals surface area contributed by atoms with Gasteiger partial charge in [-0.15, -0.1) is 11.3 Å². The quantitative estimate of drug-likeness (QED) is 0.506. The van der Waals surface area contributed by atoms with Crippen LogP contribution in [0.2, 0.25) is 0 Å². The fraction of sp³-hybridized carbons (Fsp3) is 0.200. The van der Waals surface area contributed by atoms with Crippen LogP contribution in [0.3, 0.4) is 0 Å². The monoisotopic (exact) mass is 445 g/mol. The Hall–Kier alpha value is -3.86. The van der Waals surface area contributed by atoms with Gasteiger partial charge in [-0.1, -0.05) is 11.2 Å². The van der Waals surface area contributed by atoms with Gasteiger partial charge < -0.3 is 29.4 Å². The number of nitrogens with one attached hydrogen (secondary N) is 2. The third kappa shape index (κ3) is 5.39. The van der Waals surface area contributed by atoms with E-state index in [9.17, 15) is 14.4 Å². The van der Waals surface area contributed by atoms with Crippen LogP contribution in [-0.2, 0) is 9.53 Å². The van der Waals surface area contributed by atoms with Crippen LogP contribution >= 0.6 is 11.3 Å². The molecule has 0 aliphatic carbocycles. The van der Waals surface area contributed by atoms with Crippen LogP contribution in [0.5, 0.6) is 11.5 Å². The summed E-state index contributed by atoms with van der Waals surface area (Å²) in [6.07, 6.45) is 0. The maximum Gasteiger partial charge on any atom is 0.340 e. The Morgan fingerprint density at radius 3 is 2.45 bits per heavy atom. The van der Waals surface area contributed by atoms with Gasteiger partial charge in [-0.25, -0.2) is 4.79 Å². The highest BCUT2D eigenvalue weighted by Gasteiger charge is 2.21. The summed E-state index contributed by atoms with van der Waals surface area (Å²) in [5.41, 5.74) is 0.140. The van der Waals surface area contributed by atoms with E-state index in [2.05, 4.69) is 15.8 Å². The maximum absolute atomic E-state index is 12.7. The fourth-order valence-electron chi connectivity index (χ4n) is 2.56. The van der Waals surface area contributed by atoms with E-state index in [1.165, 1.54) is 43.8 Å². The summed E-state index contributed by atoms with van der Waals surface area (Å²) < 4.78 is 20.4. The molecule has 3 aromatic rings. The molecule has 0 atom stereocenters. The standard InChI is InChI=1S/C20H19N3O7S/c1-11-7-17(23-30-11)22-18(24)10-29-20(26)12-8-14(27-2)15(28-3)9-13(12)21-19(25)16-5-4-6-31-16/h4-9H,10H2,1-3H3,(H,21,25)(H,22,23,24). The predicted octanol–water partition coefficient (Wildman–Crippen LogP) is 3.11. The smallest absolute Gasteiger partial charge is 0.340 e. The molecule has 11 heteroatoms. The van der Waals surface area contributed by atoms with Gasteiger partial charge in [0.1, 0.15) is 5.76 Å². The first-order valence-corrected chi connectivity index (χ1v) is 9.80. The first-order chi connectivity index (χ1) is 14.9. The molecular weight excluding hydrogens is 426 g/mol. The molecule has 0 fully saturated rings. The van der Waals surface area contributed by atoms with Crippen LogP contribution in [0.25, 0.3) is 0 Å². The van der Waals surface area contributed by atoms with Crippen LogP contribution in [0.1, 0.15) is 25.8 Å². The highest BCUT2D eigenvalue weighted by molar-refractivity contribution is 7.12. The van der Waals surface area contributed by atoms with E-state index in [0.29, 0.717) is 16.4 Å². The molecule has 162 valence electrons. The SMILES string of the molecule is COc1cc(NC(=O)c2cccs2)c(C(=O)OCC(=O)Nc2cc(C)on2)cc1OC. The van der Waals surface area contributed by atoms with Crippen molar-refractivity contribution in [2.24, 2.45) is 0 Å². The van der Waals surface area contributed by atoms with Crippen molar-refractivity contribution in [2.75, 3.05) is 31.5 Å². The second-order valence-corrected chi connectivity index (χ2v) is 7.08. The summed E-state index contributed by atoms with van der Waals surface area (Å²) in [6, 6.07) is 7.71. The van der Waals surface area contributed by atoms with Crippen molar-refractivity contribution in [3.63, 3.8) is 0 Å². The predicted molar refractivity (Wildman–Crippen MR) is 112 cm³/mol. The number of methoxy groups -OCH3 is 2. The largest absolute Gasteiger partial charge is 0.493 e. The lowest BCUT2D eigenvalue weighted by atomic mass is 10.1. The fourth-order valence-corrected chi connectivity index (χ4v) is 3.17. The summed E-state index contributed by atoms with van der Waals surface area (Å²) in [7, 11) is 2.83. The Bertz CT molecular complexity index is 1090. The van der Waals surface area contributed by atoms with Crippen LogP contribution in [0.15, 0.2) is 40.2 Å². The number of amides is 2. The molecule has 2 amide bonds. The number of ether oxygens (including phenoxy) is 3. The zero-order valence-electron chi connectivity index (χ0n) is 16.9. The van der Waals surface area contributed by atoms with Gasteiger partial charge in [0, 0.05) is 18.2 Å². The minimum atomic E-state index is -0.839. The summed E-state index contributed by atoms with van der Waals surface area (Å²) in [5, 5.41) is 10.5. The van der Waals surface area contributed by atoms with Gasteiger partial charge in [0.05, 0.1) is 30.3 Å². The third-order valence-corrected chi connectivity index (χ3v) is 4.84. The molecule has 1 aromatic carbocycles. The first-order valence-electron chi connectivity index (χ1n) is 8.92. The van der Waals surface area contributed by atoms with E-state index >= 15 is 0 Å². The van der Waals surface area contributed by atoms with Gasteiger partial charge in [-0.05, 0) is 18.4 Å². The van der Waals surface area contributed by atoms with E-state index in [0.717, 1.165) is 0 Å². The van der Waals surface area contributed by atoms with E-state index in [1.54, 1.807) is 24.4 Å². The summed E-state index contributed by atoms with van der Waals surface area (Å²) in [5.74, 6) is -0.571. The van der Waals surface area contributed by atoms with Crippen molar-refractivity contribution in [1.29, 1.82) is 0 Å². The summed E-state index contributed by atoms with van der Waals surface area (Å²) >= 11 is 1.25. The molecule has 0 spiro atoms. The number of aryl methyl sites for hydroxylation is 1. The number of thiophene rings is 1. The number of benzene rings is 1. The van der Waals surface area contributed by atoms with Crippen molar-refractivity contribution in [1.82, 2.24) is 5.16 Å². The minimum Gasteiger partial charge on any atom is -0.493 e. The molecule has 0 saturated carbocycles. The minimum absolute atomic E-state index is 0.00682. The Morgan fingerprint density at radius 1 is 1.10 bits per heavy atom. The molecule has 0 saturated heterocycles. The lowest BCUT2D eigenvalue weighted by Crippen LogP contribution is -2.22. The second-order valence-electron chi connectivity index (χ2n) is 6.13. The third-order valence-electron chi connectivity index (χ3n) is 3.97. The number of carbonyl (C=O) groups excluding carboxylic acids is 3. The number of aromatic nitrogens is 1. The van der Waals surface area contributed by atoms with Gasteiger partial charge in [0.15, 0.2) is 23.9 Å².